The van der Waals surface area contributed by atoms with Crippen LogP contribution in [0.1, 0.15) is 70.3 Å². The Hall–Kier alpha value is -3.29. The van der Waals surface area contributed by atoms with E-state index in [1.54, 1.807) is 42.1 Å². The quantitative estimate of drug-likeness (QED) is 0.358. The second-order valence-electron chi connectivity index (χ2n) is 10.8. The lowest BCUT2D eigenvalue weighted by Crippen LogP contribution is -2.35. The van der Waals surface area contributed by atoms with Crippen molar-refractivity contribution < 1.29 is 27.4 Å². The van der Waals surface area contributed by atoms with E-state index >= 15 is 0 Å². The van der Waals surface area contributed by atoms with E-state index in [1.165, 1.54) is 14.2 Å². The van der Waals surface area contributed by atoms with Gasteiger partial charge in [0.2, 0.25) is 16.0 Å². The van der Waals surface area contributed by atoms with Gasteiger partial charge in [-0.05, 0) is 65.7 Å². The van der Waals surface area contributed by atoms with E-state index in [0.29, 0.717) is 36.0 Å². The first-order chi connectivity index (χ1) is 18.9. The predicted octanol–water partition coefficient (Wildman–Crippen LogP) is 3.96. The minimum atomic E-state index is -4.11. The van der Waals surface area contributed by atoms with Crippen molar-refractivity contribution in [2.24, 2.45) is 0 Å². The Morgan fingerprint density at radius 2 is 1.70 bits per heavy atom. The number of anilines is 1. The largest absolute Gasteiger partial charge is 0.494 e. The predicted molar refractivity (Wildman–Crippen MR) is 150 cm³/mol. The Morgan fingerprint density at radius 3 is 2.23 bits per heavy atom. The zero-order valence-electron chi connectivity index (χ0n) is 24.2. The summed E-state index contributed by atoms with van der Waals surface area (Å²) < 4.78 is 55.3. The van der Waals surface area contributed by atoms with Gasteiger partial charge in [0.05, 0.1) is 32.5 Å². The van der Waals surface area contributed by atoms with E-state index in [2.05, 4.69) is 24.9 Å². The summed E-state index contributed by atoms with van der Waals surface area (Å²) in [7, 11) is -1.04. The highest BCUT2D eigenvalue weighted by atomic mass is 32.2. The van der Waals surface area contributed by atoms with Crippen LogP contribution in [-0.2, 0) is 19.5 Å². The summed E-state index contributed by atoms with van der Waals surface area (Å²) in [6.07, 6.45) is 2.73. The summed E-state index contributed by atoms with van der Waals surface area (Å²) in [6, 6.07) is 5.31. The van der Waals surface area contributed by atoms with E-state index in [4.69, 9.17) is 18.9 Å². The van der Waals surface area contributed by atoms with Crippen molar-refractivity contribution in [1.82, 2.24) is 24.7 Å². The molecule has 1 aliphatic heterocycles. The third-order valence-electron chi connectivity index (χ3n) is 6.72. The van der Waals surface area contributed by atoms with Crippen molar-refractivity contribution in [2.75, 3.05) is 25.5 Å². The number of methoxy groups -OCH3 is 2. The number of sulfonamides is 1. The van der Waals surface area contributed by atoms with Crippen LogP contribution < -0.4 is 14.2 Å². The van der Waals surface area contributed by atoms with E-state index in [-0.39, 0.29) is 29.4 Å². The topological polar surface area (TPSA) is 140 Å². The maximum atomic E-state index is 13.9. The summed E-state index contributed by atoms with van der Waals surface area (Å²) >= 11 is 0. The number of rotatable bonds is 11. The Labute approximate surface area is 235 Å². The first kappa shape index (κ1) is 29.7. The lowest BCUT2D eigenvalue weighted by molar-refractivity contribution is 0.00152. The standard InChI is InChI=1S/C27H38N6O6S/c1-16(2)39-23(24-28-13-17(3)14-29-24)18(4)40(34,35)32-26-31-30-25(19-12-27(5,6)38-15-19)33(26)22-20(36-7)10-9-11-21(22)37-8/h9-11,13-14,16,18-19,23H,12,15H2,1-8H3,(H,31,32)/t18-,19+,23+/m0/s1. The van der Waals surface area contributed by atoms with Gasteiger partial charge in [0.15, 0.2) is 5.82 Å². The molecule has 0 saturated carbocycles. The van der Waals surface area contributed by atoms with Crippen LogP contribution >= 0.6 is 0 Å². The maximum Gasteiger partial charge on any atom is 0.243 e. The normalized spacial score (nSPS) is 18.5. The number of ether oxygens (including phenoxy) is 4. The van der Waals surface area contributed by atoms with Gasteiger partial charge in [-0.3, -0.25) is 9.29 Å². The Balaban J connectivity index is 1.80. The molecule has 0 spiro atoms. The summed E-state index contributed by atoms with van der Waals surface area (Å²) in [5.74, 6) is 1.56. The van der Waals surface area contributed by atoms with Crippen molar-refractivity contribution in [3.63, 3.8) is 0 Å². The summed E-state index contributed by atoms with van der Waals surface area (Å²) in [6.45, 7) is 11.5. The highest BCUT2D eigenvalue weighted by Gasteiger charge is 2.39. The lowest BCUT2D eigenvalue weighted by Gasteiger charge is -2.26. The van der Waals surface area contributed by atoms with Gasteiger partial charge >= 0.3 is 0 Å². The summed E-state index contributed by atoms with van der Waals surface area (Å²) in [4.78, 5) is 8.69. The monoisotopic (exact) mass is 574 g/mol. The average molecular weight is 575 g/mol. The number of aromatic nitrogens is 5. The maximum absolute atomic E-state index is 13.9. The Kier molecular flexibility index (Phi) is 8.66. The molecular formula is C27H38N6O6S. The molecule has 0 aliphatic carbocycles. The highest BCUT2D eigenvalue weighted by molar-refractivity contribution is 7.93. The molecule has 1 saturated heterocycles. The highest BCUT2D eigenvalue weighted by Crippen LogP contribution is 2.41. The summed E-state index contributed by atoms with van der Waals surface area (Å²) in [5, 5.41) is 7.64. The van der Waals surface area contributed by atoms with Gasteiger partial charge in [-0.1, -0.05) is 6.07 Å². The van der Waals surface area contributed by atoms with E-state index in [0.717, 1.165) is 5.56 Å². The second-order valence-corrected chi connectivity index (χ2v) is 12.8. The fourth-order valence-electron chi connectivity index (χ4n) is 4.71. The second kappa shape index (κ2) is 11.7. The third-order valence-corrected chi connectivity index (χ3v) is 8.41. The molecule has 3 heterocycles. The van der Waals surface area contributed by atoms with Crippen molar-refractivity contribution in [1.29, 1.82) is 0 Å². The van der Waals surface area contributed by atoms with Crippen LogP contribution in [0.3, 0.4) is 0 Å². The Bertz CT molecular complexity index is 1400. The molecule has 0 unspecified atom stereocenters. The molecule has 4 rings (SSSR count). The number of benzene rings is 1. The molecule has 1 aliphatic rings. The van der Waals surface area contributed by atoms with Gasteiger partial charge in [-0.15, -0.1) is 10.2 Å². The molecule has 13 heteroatoms. The van der Waals surface area contributed by atoms with Crippen LogP contribution in [0.2, 0.25) is 0 Å². The molecular weight excluding hydrogens is 536 g/mol. The van der Waals surface area contributed by atoms with Crippen LogP contribution in [0.25, 0.3) is 5.69 Å². The molecule has 0 bridgehead atoms. The van der Waals surface area contributed by atoms with Crippen LogP contribution in [0.15, 0.2) is 30.6 Å². The van der Waals surface area contributed by atoms with Crippen molar-refractivity contribution in [2.45, 2.75) is 76.9 Å². The van der Waals surface area contributed by atoms with Gasteiger partial charge in [0, 0.05) is 18.3 Å². The van der Waals surface area contributed by atoms with Gasteiger partial charge in [-0.25, -0.2) is 18.4 Å². The fraction of sp³-hybridized carbons (Fsp3) is 0.556. The van der Waals surface area contributed by atoms with Gasteiger partial charge in [0.25, 0.3) is 0 Å². The van der Waals surface area contributed by atoms with Crippen molar-refractivity contribution in [3.8, 4) is 17.2 Å². The zero-order chi connectivity index (χ0) is 29.2. The summed E-state index contributed by atoms with van der Waals surface area (Å²) in [5.41, 5.74) is 0.959. The average Bonchev–Trinajstić information content (AvgIpc) is 3.48. The van der Waals surface area contributed by atoms with Crippen LogP contribution in [0.4, 0.5) is 5.95 Å². The van der Waals surface area contributed by atoms with Crippen molar-refractivity contribution >= 4 is 16.0 Å². The van der Waals surface area contributed by atoms with E-state index in [1.807, 2.05) is 34.6 Å². The SMILES string of the molecule is COc1cccc(OC)c1-n1c(NS(=O)(=O)[C@@H](C)[C@@H](OC(C)C)c2ncc(C)cn2)nnc1[C@H]1COC(C)(C)C1. The Morgan fingerprint density at radius 1 is 1.07 bits per heavy atom. The number of para-hydroxylation sites is 1. The number of hydrogen-bond acceptors (Lipinski definition) is 10. The molecule has 2 aromatic heterocycles. The van der Waals surface area contributed by atoms with Crippen LogP contribution in [0, 0.1) is 6.92 Å². The molecule has 0 radical (unpaired) electrons. The molecule has 3 aromatic rings. The first-order valence-corrected chi connectivity index (χ1v) is 14.7. The number of nitrogens with one attached hydrogen (secondary N) is 1. The number of aryl methyl sites for hydroxylation is 1. The van der Waals surface area contributed by atoms with Gasteiger partial charge in [-0.2, -0.15) is 0 Å². The zero-order valence-corrected chi connectivity index (χ0v) is 25.0. The van der Waals surface area contributed by atoms with Gasteiger partial charge in [0.1, 0.15) is 34.4 Å². The molecule has 218 valence electrons. The van der Waals surface area contributed by atoms with Crippen LogP contribution in [-0.4, -0.2) is 70.9 Å². The molecule has 1 N–H and O–H groups in total. The van der Waals surface area contributed by atoms with E-state index < -0.39 is 21.4 Å². The molecule has 0 amide bonds. The molecule has 3 atom stereocenters. The minimum Gasteiger partial charge on any atom is -0.494 e. The molecule has 12 nitrogen and oxygen atoms in total. The molecule has 40 heavy (non-hydrogen) atoms. The minimum absolute atomic E-state index is 0.0116. The van der Waals surface area contributed by atoms with Crippen molar-refractivity contribution in [3.05, 3.63) is 47.8 Å². The first-order valence-electron chi connectivity index (χ1n) is 13.1. The van der Waals surface area contributed by atoms with Crippen LogP contribution in [0.5, 0.6) is 11.5 Å². The third kappa shape index (κ3) is 6.21. The van der Waals surface area contributed by atoms with Gasteiger partial charge < -0.3 is 18.9 Å². The smallest absolute Gasteiger partial charge is 0.243 e. The molecule has 1 fully saturated rings. The fourth-order valence-corrected chi connectivity index (χ4v) is 5.79. The number of nitrogens with zero attached hydrogens (tertiary/aromatic N) is 5. The van der Waals surface area contributed by atoms with E-state index in [9.17, 15) is 8.42 Å². The molecule has 1 aromatic carbocycles. The lowest BCUT2D eigenvalue weighted by atomic mass is 9.97. The number of hydrogen-bond donors (Lipinski definition) is 1.